The maximum Gasteiger partial charge on any atom is 0.481 e. The van der Waals surface area contributed by atoms with Crippen molar-refractivity contribution < 1.29 is 46.9 Å². The summed E-state index contributed by atoms with van der Waals surface area (Å²) in [7, 11) is -10.5. The molecule has 3 unspecified atom stereocenters. The van der Waals surface area contributed by atoms with Gasteiger partial charge in [-0.25, -0.2) is 28.5 Å². The monoisotopic (exact) mass is 429 g/mol. The molecule has 27 heavy (non-hydrogen) atoms. The van der Waals surface area contributed by atoms with Crippen molar-refractivity contribution in [1.29, 1.82) is 0 Å². The first kappa shape index (κ1) is 20.2. The molecule has 1 aliphatic rings. The van der Waals surface area contributed by atoms with Crippen LogP contribution in [-0.4, -0.2) is 64.3 Å². The molecule has 5 atom stereocenters. The highest BCUT2D eigenvalue weighted by Crippen LogP contribution is 2.57. The molecular weight excluding hydrogens is 415 g/mol. The average Bonchev–Trinajstić information content (AvgIpc) is 3.07. The number of nitrogen functional groups attached to an aromatic ring is 1. The zero-order valence-electron chi connectivity index (χ0n) is 13.1. The molecule has 14 nitrogen and oxygen atoms in total. The van der Waals surface area contributed by atoms with Crippen LogP contribution in [0.2, 0.25) is 0 Å². The van der Waals surface area contributed by atoms with E-state index in [0.29, 0.717) is 0 Å². The van der Waals surface area contributed by atoms with Gasteiger partial charge in [0.05, 0.1) is 12.9 Å². The van der Waals surface area contributed by atoms with Crippen LogP contribution in [-0.2, 0) is 22.7 Å². The molecule has 1 fully saturated rings. The molecule has 150 valence electrons. The van der Waals surface area contributed by atoms with Crippen LogP contribution in [0.5, 0.6) is 0 Å². The number of rotatable bonds is 6. The van der Waals surface area contributed by atoms with E-state index in [1.54, 1.807) is 0 Å². The molecule has 0 bridgehead atoms. The zero-order chi connectivity index (χ0) is 20.0. The second-order valence-electron chi connectivity index (χ2n) is 5.42. The lowest BCUT2D eigenvalue weighted by Gasteiger charge is -2.17. The Kier molecular flexibility index (Phi) is 5.33. The van der Waals surface area contributed by atoms with Crippen LogP contribution in [0.25, 0.3) is 11.2 Å². The Morgan fingerprint density at radius 2 is 2.00 bits per heavy atom. The van der Waals surface area contributed by atoms with Gasteiger partial charge in [-0.1, -0.05) is 0 Å². The summed E-state index contributed by atoms with van der Waals surface area (Å²) in [6.45, 7) is -0.893. The van der Waals surface area contributed by atoms with Gasteiger partial charge in [0.2, 0.25) is 0 Å². The number of alkyl halides is 1. The molecule has 1 aliphatic heterocycles. The van der Waals surface area contributed by atoms with E-state index in [2.05, 4.69) is 23.8 Å². The number of fused-ring (bicyclic) bond motifs is 1. The van der Waals surface area contributed by atoms with Crippen LogP contribution in [0.1, 0.15) is 6.23 Å². The number of nitrogens with zero attached hydrogens (tertiary/aromatic N) is 4. The maximum atomic E-state index is 14.5. The highest BCUT2D eigenvalue weighted by Gasteiger charge is 2.47. The highest BCUT2D eigenvalue weighted by atomic mass is 31.3. The van der Waals surface area contributed by atoms with E-state index in [1.165, 1.54) is 0 Å². The molecule has 2 aromatic rings. The van der Waals surface area contributed by atoms with Crippen LogP contribution in [0.4, 0.5) is 10.2 Å². The van der Waals surface area contributed by atoms with Crippen molar-refractivity contribution in [2.45, 2.75) is 24.6 Å². The van der Waals surface area contributed by atoms with E-state index < -0.39 is 46.9 Å². The normalized spacial score (nSPS) is 28.5. The molecule has 17 heteroatoms. The minimum absolute atomic E-state index is 0.0448. The number of hydrogen-bond donors (Lipinski definition) is 5. The molecule has 3 rings (SSSR count). The SMILES string of the molecule is Nc1ncnc2c1ncn2[C@@H]1O[C@H](COP(=O)(O)OP(=O)(O)O)C(O)C1F. The molecule has 6 N–H and O–H groups in total. The average molecular weight is 429 g/mol. The number of aliphatic hydroxyl groups excluding tert-OH is 1. The third-order valence-electron chi connectivity index (χ3n) is 3.57. The topological polar surface area (TPSA) is 212 Å². The molecule has 0 radical (unpaired) electrons. The lowest BCUT2D eigenvalue weighted by Crippen LogP contribution is -2.31. The minimum Gasteiger partial charge on any atom is -0.387 e. The fourth-order valence-corrected chi connectivity index (χ4v) is 4.05. The Bertz CT molecular complexity index is 937. The molecule has 0 aliphatic carbocycles. The largest absolute Gasteiger partial charge is 0.481 e. The number of nitrogens with two attached hydrogens (primary N) is 1. The Balaban J connectivity index is 1.75. The maximum absolute atomic E-state index is 14.5. The van der Waals surface area contributed by atoms with Crippen LogP contribution in [0.15, 0.2) is 12.7 Å². The molecule has 0 amide bonds. The number of ether oxygens (including phenoxy) is 1. The minimum atomic E-state index is -5.31. The quantitative estimate of drug-likeness (QED) is 0.357. The smallest absolute Gasteiger partial charge is 0.387 e. The van der Waals surface area contributed by atoms with Gasteiger partial charge in [-0.2, -0.15) is 4.31 Å². The molecule has 3 heterocycles. The molecule has 0 spiro atoms. The summed E-state index contributed by atoms with van der Waals surface area (Å²) in [5, 5.41) is 9.95. The van der Waals surface area contributed by atoms with Gasteiger partial charge in [0.15, 0.2) is 23.9 Å². The van der Waals surface area contributed by atoms with E-state index in [1.807, 2.05) is 0 Å². The summed E-state index contributed by atoms with van der Waals surface area (Å²) in [4.78, 5) is 37.9. The summed E-state index contributed by atoms with van der Waals surface area (Å²) in [5.41, 5.74) is 5.94. The van der Waals surface area contributed by atoms with Crippen molar-refractivity contribution in [3.8, 4) is 0 Å². The Morgan fingerprint density at radius 3 is 2.67 bits per heavy atom. The number of anilines is 1. The van der Waals surface area contributed by atoms with E-state index in [-0.39, 0.29) is 17.0 Å². The standard InChI is InChI=1S/C10H14FN5O9P2/c11-5-7(17)4(1-23-27(21,22)25-26(18,19)20)24-10(5)16-3-15-6-8(12)13-2-14-9(6)16/h2-5,7,10,17H,1H2,(H,21,22)(H2,12,13,14)(H2,18,19,20)/t4-,5?,7?,10-/m1/s1. The summed E-state index contributed by atoms with van der Waals surface area (Å²) in [6, 6.07) is 0. The molecule has 0 saturated carbocycles. The van der Waals surface area contributed by atoms with Crippen molar-refractivity contribution in [3.63, 3.8) is 0 Å². The first-order valence-corrected chi connectivity index (χ1v) is 10.2. The summed E-state index contributed by atoms with van der Waals surface area (Å²) < 4.78 is 50.9. The van der Waals surface area contributed by atoms with Crippen molar-refractivity contribution in [2.24, 2.45) is 0 Å². The third-order valence-corrected chi connectivity index (χ3v) is 5.72. The van der Waals surface area contributed by atoms with Crippen molar-refractivity contribution in [1.82, 2.24) is 19.5 Å². The van der Waals surface area contributed by atoms with E-state index in [4.69, 9.17) is 20.3 Å². The van der Waals surface area contributed by atoms with Gasteiger partial charge in [0, 0.05) is 0 Å². The molecule has 2 aromatic heterocycles. The second kappa shape index (κ2) is 7.13. The lowest BCUT2D eigenvalue weighted by molar-refractivity contribution is -0.0450. The van der Waals surface area contributed by atoms with Crippen LogP contribution in [0, 0.1) is 0 Å². The number of hydrogen-bond acceptors (Lipinski definition) is 10. The van der Waals surface area contributed by atoms with E-state index in [9.17, 15) is 23.5 Å². The van der Waals surface area contributed by atoms with Crippen LogP contribution < -0.4 is 5.73 Å². The van der Waals surface area contributed by atoms with Gasteiger partial charge in [0.25, 0.3) is 0 Å². The van der Waals surface area contributed by atoms with Gasteiger partial charge in [0.1, 0.15) is 24.1 Å². The molecule has 1 saturated heterocycles. The highest BCUT2D eigenvalue weighted by molar-refractivity contribution is 7.60. The van der Waals surface area contributed by atoms with Gasteiger partial charge in [-0.05, 0) is 0 Å². The third kappa shape index (κ3) is 4.32. The predicted molar refractivity (Wildman–Crippen MR) is 83.5 cm³/mol. The fraction of sp³-hybridized carbons (Fsp3) is 0.500. The molecular formula is C10H14FN5O9P2. The number of phosphoric acid groups is 2. The second-order valence-corrected chi connectivity index (χ2v) is 8.25. The van der Waals surface area contributed by atoms with Gasteiger partial charge in [-0.15, -0.1) is 0 Å². The van der Waals surface area contributed by atoms with Crippen molar-refractivity contribution >= 4 is 32.6 Å². The summed E-state index contributed by atoms with van der Waals surface area (Å²) >= 11 is 0. The predicted octanol–water partition coefficient (Wildman–Crippen LogP) is -0.769. The summed E-state index contributed by atoms with van der Waals surface area (Å²) in [5.74, 6) is 0.0448. The van der Waals surface area contributed by atoms with Crippen molar-refractivity contribution in [2.75, 3.05) is 12.3 Å². The first-order valence-electron chi connectivity index (χ1n) is 7.13. The van der Waals surface area contributed by atoms with Gasteiger partial charge < -0.3 is 30.3 Å². The Labute approximate surface area is 149 Å². The fourth-order valence-electron chi connectivity index (χ4n) is 2.45. The van der Waals surface area contributed by atoms with E-state index in [0.717, 1.165) is 17.2 Å². The van der Waals surface area contributed by atoms with Gasteiger partial charge in [-0.3, -0.25) is 9.09 Å². The molecule has 0 aromatic carbocycles. The first-order chi connectivity index (χ1) is 12.5. The summed E-state index contributed by atoms with van der Waals surface area (Å²) in [6.07, 6.45) is -4.39. The van der Waals surface area contributed by atoms with E-state index >= 15 is 0 Å². The number of aliphatic hydroxyl groups is 1. The number of imidazole rings is 1. The Morgan fingerprint density at radius 1 is 1.30 bits per heavy atom. The van der Waals surface area contributed by atoms with Crippen LogP contribution >= 0.6 is 15.6 Å². The Hall–Kier alpha value is -1.54. The van der Waals surface area contributed by atoms with Crippen LogP contribution in [0.3, 0.4) is 0 Å². The number of phosphoric ester groups is 1. The zero-order valence-corrected chi connectivity index (χ0v) is 14.9. The van der Waals surface area contributed by atoms with Gasteiger partial charge >= 0.3 is 15.6 Å². The number of halogens is 1. The van der Waals surface area contributed by atoms with Crippen molar-refractivity contribution in [3.05, 3.63) is 12.7 Å². The lowest BCUT2D eigenvalue weighted by atomic mass is 10.1. The number of aromatic nitrogens is 4.